The maximum atomic E-state index is 13.0. The van der Waals surface area contributed by atoms with Crippen molar-refractivity contribution in [2.24, 2.45) is 0 Å². The molecule has 0 aliphatic carbocycles. The Kier molecular flexibility index (Phi) is 6.58. The number of nitrogens with one attached hydrogen (secondary N) is 1. The fourth-order valence-corrected chi connectivity index (χ4v) is 3.75. The fraction of sp³-hybridized carbons (Fsp3) is 0.348. The number of hydrogen-bond acceptors (Lipinski definition) is 5. The Bertz CT molecular complexity index is 1170. The van der Waals surface area contributed by atoms with Crippen LogP contribution in [0.2, 0.25) is 0 Å². The Labute approximate surface area is 180 Å². The van der Waals surface area contributed by atoms with E-state index in [9.17, 15) is 19.1 Å². The molecule has 7 nitrogen and oxygen atoms in total. The number of rotatable bonds is 5. The zero-order chi connectivity index (χ0) is 22.7. The second kappa shape index (κ2) is 9.16. The summed E-state index contributed by atoms with van der Waals surface area (Å²) in [4.78, 5) is 31.5. The van der Waals surface area contributed by atoms with Crippen LogP contribution in [0.15, 0.2) is 41.3 Å². The molecule has 0 saturated carbocycles. The molecule has 1 aliphatic heterocycles. The molecule has 1 fully saturated rings. The number of anilines is 2. The minimum atomic E-state index is -0.987. The number of fused-ring (bicyclic) bond motifs is 1. The van der Waals surface area contributed by atoms with Crippen molar-refractivity contribution < 1.29 is 14.3 Å². The number of nitrogens with zero attached hydrogens (tertiary/aromatic N) is 3. The predicted octanol–water partition coefficient (Wildman–Crippen LogP) is 3.98. The molecule has 0 spiro atoms. The number of hydrogen-bond donors (Lipinski definition) is 2. The van der Waals surface area contributed by atoms with Crippen LogP contribution in [0.4, 0.5) is 15.9 Å². The van der Waals surface area contributed by atoms with E-state index in [1.165, 1.54) is 0 Å². The summed E-state index contributed by atoms with van der Waals surface area (Å²) in [5.41, 5.74) is 3.70. The van der Waals surface area contributed by atoms with Crippen molar-refractivity contribution >= 4 is 23.1 Å². The van der Waals surface area contributed by atoms with Crippen LogP contribution >= 0.6 is 0 Å². The second-order valence-electron chi connectivity index (χ2n) is 7.59. The third-order valence-electron chi connectivity index (χ3n) is 5.44. The van der Waals surface area contributed by atoms with E-state index in [0.717, 1.165) is 36.5 Å². The highest BCUT2D eigenvalue weighted by Crippen LogP contribution is 2.28. The molecule has 31 heavy (non-hydrogen) atoms. The zero-order valence-electron chi connectivity index (χ0n) is 18.1. The SMILES string of the molecule is CF.Cc1cc(C(C)Nc2ccccc2C(=O)O)c2nc(N3CCC3)c(C)c(=O)n2c1. The molecule has 1 aliphatic rings. The van der Waals surface area contributed by atoms with Crippen molar-refractivity contribution in [1.82, 2.24) is 9.38 Å². The van der Waals surface area contributed by atoms with Crippen molar-refractivity contribution in [3.63, 3.8) is 0 Å². The highest BCUT2D eigenvalue weighted by molar-refractivity contribution is 5.94. The van der Waals surface area contributed by atoms with Crippen LogP contribution in [0.25, 0.3) is 5.65 Å². The maximum absolute atomic E-state index is 13.0. The highest BCUT2D eigenvalue weighted by atomic mass is 19.1. The molecule has 164 valence electrons. The lowest BCUT2D eigenvalue weighted by atomic mass is 10.1. The molecule has 0 radical (unpaired) electrons. The first-order chi connectivity index (χ1) is 14.9. The zero-order valence-corrected chi connectivity index (χ0v) is 18.1. The Hall–Kier alpha value is -3.42. The van der Waals surface area contributed by atoms with Gasteiger partial charge in [-0.15, -0.1) is 0 Å². The molecule has 0 amide bonds. The van der Waals surface area contributed by atoms with Gasteiger partial charge < -0.3 is 15.3 Å². The van der Waals surface area contributed by atoms with Gasteiger partial charge in [-0.25, -0.2) is 9.78 Å². The Morgan fingerprint density at radius 3 is 2.52 bits per heavy atom. The molecule has 8 heteroatoms. The number of carboxylic acid groups (broad SMARTS) is 1. The molecule has 1 atom stereocenters. The van der Waals surface area contributed by atoms with Crippen LogP contribution in [-0.4, -0.2) is 40.7 Å². The van der Waals surface area contributed by atoms with Gasteiger partial charge in [-0.2, -0.15) is 0 Å². The molecule has 3 heterocycles. The van der Waals surface area contributed by atoms with E-state index in [1.54, 1.807) is 34.9 Å². The van der Waals surface area contributed by atoms with Crippen molar-refractivity contribution in [2.45, 2.75) is 33.2 Å². The van der Waals surface area contributed by atoms with Gasteiger partial charge in [0.2, 0.25) is 0 Å². The van der Waals surface area contributed by atoms with E-state index in [1.807, 2.05) is 26.8 Å². The lowest BCUT2D eigenvalue weighted by molar-refractivity contribution is 0.0698. The van der Waals surface area contributed by atoms with Crippen molar-refractivity contribution in [2.75, 3.05) is 30.5 Å². The molecular weight excluding hydrogens is 399 g/mol. The molecule has 1 saturated heterocycles. The summed E-state index contributed by atoms with van der Waals surface area (Å²) in [5.74, 6) is -0.246. The van der Waals surface area contributed by atoms with Crippen LogP contribution in [0, 0.1) is 13.8 Å². The molecule has 2 aromatic heterocycles. The lowest BCUT2D eigenvalue weighted by Crippen LogP contribution is -2.40. The van der Waals surface area contributed by atoms with Gasteiger partial charge in [-0.3, -0.25) is 13.6 Å². The fourth-order valence-electron chi connectivity index (χ4n) is 3.75. The Morgan fingerprint density at radius 1 is 1.23 bits per heavy atom. The minimum Gasteiger partial charge on any atom is -0.478 e. The van der Waals surface area contributed by atoms with Crippen LogP contribution in [0.5, 0.6) is 0 Å². The van der Waals surface area contributed by atoms with E-state index in [0.29, 0.717) is 24.1 Å². The van der Waals surface area contributed by atoms with E-state index in [2.05, 4.69) is 10.2 Å². The minimum absolute atomic E-state index is 0.0695. The highest BCUT2D eigenvalue weighted by Gasteiger charge is 2.23. The quantitative estimate of drug-likeness (QED) is 0.642. The number of halogens is 1. The number of carboxylic acids is 1. The third-order valence-corrected chi connectivity index (χ3v) is 5.44. The summed E-state index contributed by atoms with van der Waals surface area (Å²) in [6.45, 7) is 7.52. The van der Waals surface area contributed by atoms with E-state index in [-0.39, 0.29) is 17.2 Å². The number of carbonyl (C=O) groups is 1. The molecule has 2 N–H and O–H groups in total. The van der Waals surface area contributed by atoms with E-state index in [4.69, 9.17) is 4.98 Å². The Morgan fingerprint density at radius 2 is 1.90 bits per heavy atom. The summed E-state index contributed by atoms with van der Waals surface area (Å²) < 4.78 is 11.1. The molecule has 4 rings (SSSR count). The van der Waals surface area contributed by atoms with Crippen LogP contribution in [-0.2, 0) is 0 Å². The number of aryl methyl sites for hydroxylation is 1. The number of aromatic carboxylic acids is 1. The first kappa shape index (κ1) is 22.3. The van der Waals surface area contributed by atoms with E-state index >= 15 is 0 Å². The first-order valence-electron chi connectivity index (χ1n) is 10.1. The number of alkyl halides is 1. The summed E-state index contributed by atoms with van der Waals surface area (Å²) in [5, 5.41) is 12.7. The molecular formula is C23H27FN4O3. The maximum Gasteiger partial charge on any atom is 0.337 e. The van der Waals surface area contributed by atoms with Gasteiger partial charge in [0.15, 0.2) is 0 Å². The number of pyridine rings is 1. The largest absolute Gasteiger partial charge is 0.478 e. The van der Waals surface area contributed by atoms with Crippen LogP contribution in [0.1, 0.15) is 46.4 Å². The van der Waals surface area contributed by atoms with Gasteiger partial charge in [0.25, 0.3) is 5.56 Å². The molecule has 1 unspecified atom stereocenters. The van der Waals surface area contributed by atoms with Gasteiger partial charge >= 0.3 is 5.97 Å². The smallest absolute Gasteiger partial charge is 0.337 e. The number of para-hydroxylation sites is 1. The molecule has 3 aromatic rings. The average Bonchev–Trinajstić information content (AvgIpc) is 2.72. The van der Waals surface area contributed by atoms with Crippen molar-refractivity contribution in [3.8, 4) is 0 Å². The average molecular weight is 426 g/mol. The lowest BCUT2D eigenvalue weighted by Gasteiger charge is -2.33. The predicted molar refractivity (Wildman–Crippen MR) is 120 cm³/mol. The van der Waals surface area contributed by atoms with Gasteiger partial charge in [0.1, 0.15) is 11.5 Å². The van der Waals surface area contributed by atoms with E-state index < -0.39 is 5.97 Å². The second-order valence-corrected chi connectivity index (χ2v) is 7.59. The summed E-state index contributed by atoms with van der Waals surface area (Å²) in [7, 11) is 0.500. The Balaban J connectivity index is 0.00000132. The van der Waals surface area contributed by atoms with Crippen molar-refractivity contribution in [3.05, 3.63) is 69.1 Å². The van der Waals surface area contributed by atoms with Crippen LogP contribution in [0.3, 0.4) is 0 Å². The molecule has 0 bridgehead atoms. The standard InChI is InChI=1S/C22H24N4O3.CH3F/c1-13-11-17(15(3)23-18-8-5-4-7-16(18)22(28)29)20-24-19(25-9-6-10-25)14(2)21(27)26(20)12-13;1-2/h4-5,7-8,11-12,15,23H,6,9-10H2,1-3H3,(H,28,29);1H3. The normalized spacial score (nSPS) is 13.8. The van der Waals surface area contributed by atoms with Gasteiger partial charge in [0, 0.05) is 30.5 Å². The van der Waals surface area contributed by atoms with Gasteiger partial charge in [0.05, 0.1) is 24.3 Å². The summed E-state index contributed by atoms with van der Waals surface area (Å²) >= 11 is 0. The van der Waals surface area contributed by atoms with Gasteiger partial charge in [-0.1, -0.05) is 12.1 Å². The number of aromatic nitrogens is 2. The first-order valence-corrected chi connectivity index (χ1v) is 10.1. The number of benzene rings is 1. The third kappa shape index (κ3) is 4.23. The summed E-state index contributed by atoms with van der Waals surface area (Å²) in [6.07, 6.45) is 2.91. The van der Waals surface area contributed by atoms with Gasteiger partial charge in [-0.05, 0) is 51.0 Å². The topological polar surface area (TPSA) is 86.9 Å². The monoisotopic (exact) mass is 426 g/mol. The van der Waals surface area contributed by atoms with Crippen LogP contribution < -0.4 is 15.8 Å². The van der Waals surface area contributed by atoms with Crippen molar-refractivity contribution in [1.29, 1.82) is 0 Å². The summed E-state index contributed by atoms with van der Waals surface area (Å²) in [6, 6.07) is 8.56. The molecule has 1 aromatic carbocycles.